The summed E-state index contributed by atoms with van der Waals surface area (Å²) in [5.41, 5.74) is 2.73. The van der Waals surface area contributed by atoms with Gasteiger partial charge in [0.15, 0.2) is 0 Å². The standard InChI is InChI=1S/C24H31N3O3S/c28-24(25-19-20-7-11-22(12-8-20)26-15-5-6-16-26)21-9-13-23(14-10-21)31(29,30)27-17-3-1-2-4-18-27/h7-14H,1-6,15-19H2,(H,25,28). The van der Waals surface area contributed by atoms with Gasteiger partial charge >= 0.3 is 0 Å². The molecule has 0 saturated carbocycles. The average Bonchev–Trinajstić information content (AvgIpc) is 3.19. The van der Waals surface area contributed by atoms with Crippen LogP contribution in [0, 0.1) is 0 Å². The Bertz CT molecular complexity index is 974. The van der Waals surface area contributed by atoms with Crippen molar-refractivity contribution in [1.82, 2.24) is 9.62 Å². The van der Waals surface area contributed by atoms with E-state index in [9.17, 15) is 13.2 Å². The van der Waals surface area contributed by atoms with Crippen LogP contribution >= 0.6 is 0 Å². The van der Waals surface area contributed by atoms with Gasteiger partial charge in [-0.05, 0) is 67.6 Å². The molecule has 0 spiro atoms. The lowest BCUT2D eigenvalue weighted by Crippen LogP contribution is -2.32. The molecule has 0 bridgehead atoms. The summed E-state index contributed by atoms with van der Waals surface area (Å²) >= 11 is 0. The molecular formula is C24H31N3O3S. The number of hydrogen-bond acceptors (Lipinski definition) is 4. The second-order valence-electron chi connectivity index (χ2n) is 8.39. The van der Waals surface area contributed by atoms with Crippen LogP contribution < -0.4 is 10.2 Å². The van der Waals surface area contributed by atoms with E-state index in [1.54, 1.807) is 28.6 Å². The third-order valence-corrected chi connectivity index (χ3v) is 8.09. The van der Waals surface area contributed by atoms with Crippen LogP contribution in [-0.4, -0.2) is 44.8 Å². The van der Waals surface area contributed by atoms with Gasteiger partial charge in [-0.15, -0.1) is 0 Å². The molecule has 31 heavy (non-hydrogen) atoms. The van der Waals surface area contributed by atoms with Crippen molar-refractivity contribution in [3.63, 3.8) is 0 Å². The third-order valence-electron chi connectivity index (χ3n) is 6.18. The Morgan fingerprint density at radius 3 is 1.97 bits per heavy atom. The van der Waals surface area contributed by atoms with Crippen LogP contribution in [-0.2, 0) is 16.6 Å². The molecule has 6 nitrogen and oxygen atoms in total. The van der Waals surface area contributed by atoms with Crippen LogP contribution in [0.2, 0.25) is 0 Å². The topological polar surface area (TPSA) is 69.7 Å². The number of anilines is 1. The molecule has 1 amide bonds. The maximum absolute atomic E-state index is 12.9. The minimum absolute atomic E-state index is 0.206. The van der Waals surface area contributed by atoms with Crippen LogP contribution in [0.5, 0.6) is 0 Å². The minimum Gasteiger partial charge on any atom is -0.372 e. The molecular weight excluding hydrogens is 410 g/mol. The van der Waals surface area contributed by atoms with E-state index in [4.69, 9.17) is 0 Å². The zero-order valence-electron chi connectivity index (χ0n) is 17.9. The first kappa shape index (κ1) is 21.8. The van der Waals surface area contributed by atoms with Crippen molar-refractivity contribution in [2.24, 2.45) is 0 Å². The van der Waals surface area contributed by atoms with Crippen molar-refractivity contribution in [3.8, 4) is 0 Å². The first-order valence-corrected chi connectivity index (χ1v) is 12.7. The summed E-state index contributed by atoms with van der Waals surface area (Å²) < 4.78 is 27.3. The molecule has 2 aromatic rings. The van der Waals surface area contributed by atoms with E-state index < -0.39 is 10.0 Å². The summed E-state index contributed by atoms with van der Waals surface area (Å²) in [5, 5.41) is 2.92. The Morgan fingerprint density at radius 2 is 1.35 bits per heavy atom. The smallest absolute Gasteiger partial charge is 0.251 e. The summed E-state index contributed by atoms with van der Waals surface area (Å²) in [4.78, 5) is 15.2. The molecule has 2 aliphatic heterocycles. The largest absolute Gasteiger partial charge is 0.372 e. The summed E-state index contributed by atoms with van der Waals surface area (Å²) in [6, 6.07) is 14.6. The molecule has 2 heterocycles. The second kappa shape index (κ2) is 9.83. The lowest BCUT2D eigenvalue weighted by molar-refractivity contribution is 0.0951. The van der Waals surface area contributed by atoms with Gasteiger partial charge in [0, 0.05) is 44.0 Å². The molecule has 2 aliphatic rings. The van der Waals surface area contributed by atoms with E-state index in [0.717, 1.165) is 44.3 Å². The van der Waals surface area contributed by atoms with Gasteiger partial charge in [-0.3, -0.25) is 4.79 Å². The van der Waals surface area contributed by atoms with Crippen molar-refractivity contribution in [3.05, 3.63) is 59.7 Å². The fraction of sp³-hybridized carbons (Fsp3) is 0.458. The van der Waals surface area contributed by atoms with Gasteiger partial charge in [0.1, 0.15) is 0 Å². The molecule has 7 heteroatoms. The second-order valence-corrected chi connectivity index (χ2v) is 10.3. The maximum atomic E-state index is 12.9. The zero-order valence-corrected chi connectivity index (χ0v) is 18.7. The molecule has 0 aromatic heterocycles. The summed E-state index contributed by atoms with van der Waals surface area (Å²) in [5.74, 6) is -0.206. The number of hydrogen-bond donors (Lipinski definition) is 1. The van der Waals surface area contributed by atoms with E-state index in [-0.39, 0.29) is 10.8 Å². The molecule has 4 rings (SSSR count). The molecule has 2 saturated heterocycles. The highest BCUT2D eigenvalue weighted by Crippen LogP contribution is 2.22. The van der Waals surface area contributed by atoms with E-state index in [0.29, 0.717) is 25.2 Å². The lowest BCUT2D eigenvalue weighted by atomic mass is 10.1. The Kier molecular flexibility index (Phi) is 6.92. The van der Waals surface area contributed by atoms with Gasteiger partial charge in [-0.1, -0.05) is 25.0 Å². The molecule has 0 unspecified atom stereocenters. The number of rotatable bonds is 6. The SMILES string of the molecule is O=C(NCc1ccc(N2CCCC2)cc1)c1ccc(S(=O)(=O)N2CCCCCC2)cc1. The van der Waals surface area contributed by atoms with Gasteiger partial charge < -0.3 is 10.2 Å². The summed E-state index contributed by atoms with van der Waals surface area (Å²) in [6.07, 6.45) is 6.45. The summed E-state index contributed by atoms with van der Waals surface area (Å²) in [7, 11) is -3.50. The zero-order chi connectivity index (χ0) is 21.7. The van der Waals surface area contributed by atoms with Crippen molar-refractivity contribution in [1.29, 1.82) is 0 Å². The van der Waals surface area contributed by atoms with E-state index in [2.05, 4.69) is 22.3 Å². The molecule has 2 aromatic carbocycles. The first-order valence-electron chi connectivity index (χ1n) is 11.3. The number of sulfonamides is 1. The average molecular weight is 442 g/mol. The van der Waals surface area contributed by atoms with Crippen molar-refractivity contribution >= 4 is 21.6 Å². The van der Waals surface area contributed by atoms with Gasteiger partial charge in [-0.25, -0.2) is 8.42 Å². The Labute approximate surface area is 185 Å². The van der Waals surface area contributed by atoms with Gasteiger partial charge in [-0.2, -0.15) is 4.31 Å². The van der Waals surface area contributed by atoms with Crippen LogP contribution in [0.3, 0.4) is 0 Å². The highest BCUT2D eigenvalue weighted by molar-refractivity contribution is 7.89. The van der Waals surface area contributed by atoms with E-state index in [1.807, 2.05) is 12.1 Å². The molecule has 0 radical (unpaired) electrons. The lowest BCUT2D eigenvalue weighted by Gasteiger charge is -2.20. The van der Waals surface area contributed by atoms with Gasteiger partial charge in [0.2, 0.25) is 10.0 Å². The Hall–Kier alpha value is -2.38. The number of amides is 1. The van der Waals surface area contributed by atoms with Crippen molar-refractivity contribution in [2.75, 3.05) is 31.1 Å². The first-order chi connectivity index (χ1) is 15.0. The number of nitrogens with one attached hydrogen (secondary N) is 1. The molecule has 1 N–H and O–H groups in total. The number of carbonyl (C=O) groups is 1. The van der Waals surface area contributed by atoms with Crippen LogP contribution in [0.25, 0.3) is 0 Å². The molecule has 166 valence electrons. The third kappa shape index (κ3) is 5.28. The van der Waals surface area contributed by atoms with Gasteiger partial charge in [0.05, 0.1) is 4.90 Å². The Morgan fingerprint density at radius 1 is 0.774 bits per heavy atom. The van der Waals surface area contributed by atoms with Crippen LogP contribution in [0.1, 0.15) is 54.4 Å². The van der Waals surface area contributed by atoms with Gasteiger partial charge in [0.25, 0.3) is 5.91 Å². The van der Waals surface area contributed by atoms with Crippen LogP contribution in [0.15, 0.2) is 53.4 Å². The predicted octanol–water partition coefficient (Wildman–Crippen LogP) is 3.78. The fourth-order valence-corrected chi connectivity index (χ4v) is 5.81. The van der Waals surface area contributed by atoms with Crippen LogP contribution in [0.4, 0.5) is 5.69 Å². The minimum atomic E-state index is -3.50. The Balaban J connectivity index is 1.34. The van der Waals surface area contributed by atoms with Crippen molar-refractivity contribution in [2.45, 2.75) is 50.0 Å². The highest BCUT2D eigenvalue weighted by atomic mass is 32.2. The maximum Gasteiger partial charge on any atom is 0.251 e. The highest BCUT2D eigenvalue weighted by Gasteiger charge is 2.25. The van der Waals surface area contributed by atoms with E-state index >= 15 is 0 Å². The predicted molar refractivity (Wildman–Crippen MR) is 123 cm³/mol. The summed E-state index contributed by atoms with van der Waals surface area (Å²) in [6.45, 7) is 3.80. The van der Waals surface area contributed by atoms with E-state index in [1.165, 1.54) is 18.5 Å². The van der Waals surface area contributed by atoms with Crippen molar-refractivity contribution < 1.29 is 13.2 Å². The number of benzene rings is 2. The normalized spacial score (nSPS) is 18.0. The molecule has 0 aliphatic carbocycles. The number of nitrogens with zero attached hydrogens (tertiary/aromatic N) is 2. The number of carbonyl (C=O) groups excluding carboxylic acids is 1. The molecule has 0 atom stereocenters. The fourth-order valence-electron chi connectivity index (χ4n) is 4.29. The molecule has 2 fully saturated rings. The monoisotopic (exact) mass is 441 g/mol. The quantitative estimate of drug-likeness (QED) is 0.741.